The second kappa shape index (κ2) is 6.63. The van der Waals surface area contributed by atoms with Gasteiger partial charge in [0.2, 0.25) is 0 Å². The van der Waals surface area contributed by atoms with Crippen molar-refractivity contribution in [3.05, 3.63) is 57.6 Å². The van der Waals surface area contributed by atoms with Crippen molar-refractivity contribution in [1.29, 1.82) is 0 Å². The van der Waals surface area contributed by atoms with E-state index in [9.17, 15) is 4.79 Å². The number of nitrogens with two attached hydrogens (primary N) is 1. The molecule has 4 nitrogen and oxygen atoms in total. The van der Waals surface area contributed by atoms with Crippen LogP contribution in [0.1, 0.15) is 21.5 Å². The first-order chi connectivity index (χ1) is 10.0. The van der Waals surface area contributed by atoms with Crippen molar-refractivity contribution in [3.8, 4) is 5.75 Å². The van der Waals surface area contributed by atoms with Gasteiger partial charge in [-0.05, 0) is 42.3 Å². The van der Waals surface area contributed by atoms with Crippen LogP contribution in [-0.4, -0.2) is 13.1 Å². The Kier molecular flexibility index (Phi) is 4.85. The van der Waals surface area contributed by atoms with Crippen LogP contribution >= 0.6 is 15.9 Å². The van der Waals surface area contributed by atoms with Gasteiger partial charge in [0.1, 0.15) is 12.4 Å². The van der Waals surface area contributed by atoms with Gasteiger partial charge in [-0.15, -0.1) is 0 Å². The molecule has 0 radical (unpaired) electrons. The summed E-state index contributed by atoms with van der Waals surface area (Å²) in [5.41, 5.74) is 8.48. The summed E-state index contributed by atoms with van der Waals surface area (Å²) in [6.45, 7) is 2.00. The molecule has 0 aromatic heterocycles. The number of rotatable bonds is 4. The Labute approximate surface area is 132 Å². The number of methoxy groups -OCH3 is 1. The minimum Gasteiger partial charge on any atom is -0.497 e. The monoisotopic (exact) mass is 349 g/mol. The Morgan fingerprint density at radius 3 is 2.52 bits per heavy atom. The maximum atomic E-state index is 12.1. The number of ether oxygens (including phenoxy) is 2. The van der Waals surface area contributed by atoms with Gasteiger partial charge < -0.3 is 15.2 Å². The highest BCUT2D eigenvalue weighted by Gasteiger charge is 2.13. The van der Waals surface area contributed by atoms with Crippen LogP contribution < -0.4 is 10.5 Å². The predicted molar refractivity (Wildman–Crippen MR) is 85.4 cm³/mol. The van der Waals surface area contributed by atoms with Crippen molar-refractivity contribution >= 4 is 27.6 Å². The SMILES string of the molecule is COc1ccc(COC(=O)c2cc(Br)cc(N)c2C)cc1. The van der Waals surface area contributed by atoms with Crippen LogP contribution in [0.2, 0.25) is 0 Å². The third-order valence-corrected chi connectivity index (χ3v) is 3.62. The molecule has 0 amide bonds. The summed E-state index contributed by atoms with van der Waals surface area (Å²) in [5, 5.41) is 0. The highest BCUT2D eigenvalue weighted by molar-refractivity contribution is 9.10. The molecule has 2 rings (SSSR count). The maximum Gasteiger partial charge on any atom is 0.338 e. The average molecular weight is 350 g/mol. The molecule has 0 bridgehead atoms. The molecule has 0 aliphatic rings. The van der Waals surface area contributed by atoms with Gasteiger partial charge in [-0.25, -0.2) is 4.79 Å². The van der Waals surface area contributed by atoms with E-state index >= 15 is 0 Å². The first-order valence-corrected chi connectivity index (χ1v) is 7.16. The summed E-state index contributed by atoms with van der Waals surface area (Å²) in [6, 6.07) is 10.8. The van der Waals surface area contributed by atoms with Crippen LogP contribution in [0.25, 0.3) is 0 Å². The lowest BCUT2D eigenvalue weighted by atomic mass is 10.1. The minimum atomic E-state index is -0.392. The molecule has 2 aromatic carbocycles. The summed E-state index contributed by atoms with van der Waals surface area (Å²) < 4.78 is 11.2. The number of carbonyl (C=O) groups excluding carboxylic acids is 1. The summed E-state index contributed by atoms with van der Waals surface area (Å²) in [6.07, 6.45) is 0. The molecule has 21 heavy (non-hydrogen) atoms. The molecular formula is C16H16BrNO3. The summed E-state index contributed by atoms with van der Waals surface area (Å²) in [4.78, 5) is 12.1. The largest absolute Gasteiger partial charge is 0.497 e. The second-order valence-electron chi connectivity index (χ2n) is 4.59. The van der Waals surface area contributed by atoms with Gasteiger partial charge in [0.15, 0.2) is 0 Å². The number of benzene rings is 2. The minimum absolute atomic E-state index is 0.203. The van der Waals surface area contributed by atoms with E-state index in [1.807, 2.05) is 24.3 Å². The summed E-state index contributed by atoms with van der Waals surface area (Å²) in [5.74, 6) is 0.372. The first-order valence-electron chi connectivity index (χ1n) is 6.37. The molecule has 0 fully saturated rings. The number of nitrogen functional groups attached to an aromatic ring is 1. The number of anilines is 1. The zero-order valence-electron chi connectivity index (χ0n) is 11.9. The maximum absolute atomic E-state index is 12.1. The Hall–Kier alpha value is -2.01. The van der Waals surface area contributed by atoms with Gasteiger partial charge in [0, 0.05) is 10.2 Å². The Balaban J connectivity index is 2.08. The molecule has 0 aliphatic heterocycles. The van der Waals surface area contributed by atoms with Gasteiger partial charge in [-0.1, -0.05) is 28.1 Å². The van der Waals surface area contributed by atoms with Gasteiger partial charge in [-0.2, -0.15) is 0 Å². The van der Waals surface area contributed by atoms with E-state index in [0.717, 1.165) is 21.3 Å². The number of hydrogen-bond donors (Lipinski definition) is 1. The van der Waals surface area contributed by atoms with E-state index in [1.165, 1.54) is 0 Å². The zero-order chi connectivity index (χ0) is 15.4. The number of carbonyl (C=O) groups is 1. The van der Waals surface area contributed by atoms with Crippen LogP contribution in [0.4, 0.5) is 5.69 Å². The third-order valence-electron chi connectivity index (χ3n) is 3.16. The highest BCUT2D eigenvalue weighted by atomic mass is 79.9. The van der Waals surface area contributed by atoms with Crippen molar-refractivity contribution in [2.75, 3.05) is 12.8 Å². The summed E-state index contributed by atoms with van der Waals surface area (Å²) >= 11 is 3.33. The molecule has 0 saturated carbocycles. The van der Waals surface area contributed by atoms with Gasteiger partial charge in [0.25, 0.3) is 0 Å². The molecule has 110 valence electrons. The van der Waals surface area contributed by atoms with Crippen molar-refractivity contribution in [2.24, 2.45) is 0 Å². The lowest BCUT2D eigenvalue weighted by Gasteiger charge is -2.10. The van der Waals surface area contributed by atoms with Crippen LogP contribution in [0.3, 0.4) is 0 Å². The lowest BCUT2D eigenvalue weighted by Crippen LogP contribution is -2.08. The standard InChI is InChI=1S/C16H16BrNO3/c1-10-14(7-12(17)8-15(10)18)16(19)21-9-11-3-5-13(20-2)6-4-11/h3-8H,9,18H2,1-2H3. The van der Waals surface area contributed by atoms with E-state index in [0.29, 0.717) is 11.3 Å². The number of hydrogen-bond acceptors (Lipinski definition) is 4. The quantitative estimate of drug-likeness (QED) is 0.675. The Bertz CT molecular complexity index is 653. The fourth-order valence-electron chi connectivity index (χ4n) is 1.86. The van der Waals surface area contributed by atoms with Crippen molar-refractivity contribution in [1.82, 2.24) is 0 Å². The topological polar surface area (TPSA) is 61.5 Å². The van der Waals surface area contributed by atoms with Crippen LogP contribution in [-0.2, 0) is 11.3 Å². The molecule has 0 atom stereocenters. The van der Waals surface area contributed by atoms with Gasteiger partial charge in [0.05, 0.1) is 12.7 Å². The number of esters is 1. The Morgan fingerprint density at radius 2 is 1.90 bits per heavy atom. The third kappa shape index (κ3) is 3.76. The molecule has 2 aromatic rings. The first kappa shape index (κ1) is 15.4. The van der Waals surface area contributed by atoms with E-state index in [-0.39, 0.29) is 6.61 Å². The zero-order valence-corrected chi connectivity index (χ0v) is 13.4. The van der Waals surface area contributed by atoms with Crippen LogP contribution in [0.15, 0.2) is 40.9 Å². The van der Waals surface area contributed by atoms with Crippen molar-refractivity contribution in [2.45, 2.75) is 13.5 Å². The molecule has 5 heteroatoms. The smallest absolute Gasteiger partial charge is 0.338 e. The molecule has 0 spiro atoms. The van der Waals surface area contributed by atoms with Crippen molar-refractivity contribution < 1.29 is 14.3 Å². The van der Waals surface area contributed by atoms with E-state index < -0.39 is 5.97 Å². The fourth-order valence-corrected chi connectivity index (χ4v) is 2.34. The van der Waals surface area contributed by atoms with Crippen LogP contribution in [0, 0.1) is 6.92 Å². The van der Waals surface area contributed by atoms with E-state index in [4.69, 9.17) is 15.2 Å². The van der Waals surface area contributed by atoms with Crippen molar-refractivity contribution in [3.63, 3.8) is 0 Å². The Morgan fingerprint density at radius 1 is 1.24 bits per heavy atom. The molecule has 0 saturated heterocycles. The van der Waals surface area contributed by atoms with E-state index in [2.05, 4.69) is 15.9 Å². The molecule has 0 heterocycles. The summed E-state index contributed by atoms with van der Waals surface area (Å²) in [7, 11) is 1.61. The van der Waals surface area contributed by atoms with Gasteiger partial charge in [-0.3, -0.25) is 0 Å². The molecule has 0 unspecified atom stereocenters. The molecule has 0 aliphatic carbocycles. The fraction of sp³-hybridized carbons (Fsp3) is 0.188. The second-order valence-corrected chi connectivity index (χ2v) is 5.51. The molecule has 2 N–H and O–H groups in total. The van der Waals surface area contributed by atoms with Gasteiger partial charge >= 0.3 is 5.97 Å². The van der Waals surface area contributed by atoms with Crippen LogP contribution in [0.5, 0.6) is 5.75 Å². The lowest BCUT2D eigenvalue weighted by molar-refractivity contribution is 0.0472. The molecular weight excluding hydrogens is 334 g/mol. The predicted octanol–water partition coefficient (Wildman–Crippen LogP) is 3.71. The number of halogens is 1. The van der Waals surface area contributed by atoms with E-state index in [1.54, 1.807) is 26.2 Å². The highest BCUT2D eigenvalue weighted by Crippen LogP contribution is 2.23. The average Bonchev–Trinajstić information content (AvgIpc) is 2.49. The normalized spacial score (nSPS) is 10.2.